The average Bonchev–Trinajstić information content (AvgIpc) is 3.13. The molecule has 0 unspecified atom stereocenters. The molecule has 32 heavy (non-hydrogen) atoms. The molecule has 6 nitrogen and oxygen atoms in total. The van der Waals surface area contributed by atoms with Crippen LogP contribution in [0, 0.1) is 0 Å². The zero-order chi connectivity index (χ0) is 23.1. The summed E-state index contributed by atoms with van der Waals surface area (Å²) in [7, 11) is 0. The van der Waals surface area contributed by atoms with E-state index >= 15 is 0 Å². The van der Waals surface area contributed by atoms with Crippen LogP contribution in [0.5, 0.6) is 5.75 Å². The molecule has 2 fully saturated rings. The number of hydrogen-bond donors (Lipinski definition) is 3. The second-order valence-electron chi connectivity index (χ2n) is 8.16. The highest BCUT2D eigenvalue weighted by Crippen LogP contribution is 2.51. The normalized spacial score (nSPS) is 31.8. The van der Waals surface area contributed by atoms with Gasteiger partial charge in [0, 0.05) is 17.0 Å². The van der Waals surface area contributed by atoms with Gasteiger partial charge in [-0.2, -0.15) is 0 Å². The molecule has 2 aromatic carbocycles. The van der Waals surface area contributed by atoms with Crippen LogP contribution in [-0.4, -0.2) is 58.9 Å². The maximum absolute atomic E-state index is 13.2. The van der Waals surface area contributed by atoms with Gasteiger partial charge in [-0.1, -0.05) is 29.8 Å². The van der Waals surface area contributed by atoms with Crippen molar-refractivity contribution in [3.8, 4) is 5.75 Å². The van der Waals surface area contributed by atoms with E-state index in [9.17, 15) is 24.1 Å². The van der Waals surface area contributed by atoms with Crippen LogP contribution in [0.1, 0.15) is 30.0 Å². The maximum atomic E-state index is 13.2. The van der Waals surface area contributed by atoms with Crippen molar-refractivity contribution in [1.29, 1.82) is 0 Å². The highest BCUT2D eigenvalue weighted by atomic mass is 35.5. The second kappa shape index (κ2) is 8.85. The van der Waals surface area contributed by atoms with Gasteiger partial charge in [0.05, 0.1) is 13.2 Å². The minimum Gasteiger partial charge on any atom is -0.494 e. The summed E-state index contributed by atoms with van der Waals surface area (Å²) < 4.78 is 43.4. The molecule has 2 aromatic rings. The first kappa shape index (κ1) is 23.4. The van der Waals surface area contributed by atoms with Crippen molar-refractivity contribution < 1.29 is 38.3 Å². The van der Waals surface area contributed by atoms with Crippen molar-refractivity contribution in [2.24, 2.45) is 0 Å². The molecule has 2 bridgehead atoms. The van der Waals surface area contributed by atoms with Crippen LogP contribution in [0.25, 0.3) is 0 Å². The smallest absolute Gasteiger partial charge is 0.241 e. The minimum atomic E-state index is -2.80. The molecule has 2 heterocycles. The quantitative estimate of drug-likeness (QED) is 0.576. The van der Waals surface area contributed by atoms with Gasteiger partial charge in [0.1, 0.15) is 29.7 Å². The summed E-state index contributed by atoms with van der Waals surface area (Å²) in [5.74, 6) is -1.15. The topological polar surface area (TPSA) is 88.4 Å². The number of rotatable bonds is 7. The van der Waals surface area contributed by atoms with Gasteiger partial charge < -0.3 is 29.5 Å². The first-order valence-electron chi connectivity index (χ1n) is 10.4. The molecule has 0 aromatic heterocycles. The molecule has 2 saturated heterocycles. The minimum absolute atomic E-state index is 0.317. The molecule has 9 heteroatoms. The maximum Gasteiger partial charge on any atom is 0.241 e. The lowest BCUT2D eigenvalue weighted by atomic mass is 9.82. The predicted molar refractivity (Wildman–Crippen MR) is 112 cm³/mol. The van der Waals surface area contributed by atoms with Crippen LogP contribution in [0.2, 0.25) is 5.02 Å². The number of aliphatic hydroxyl groups is 3. The zero-order valence-electron chi connectivity index (χ0n) is 17.4. The van der Waals surface area contributed by atoms with Gasteiger partial charge in [0.15, 0.2) is 0 Å². The fraction of sp³-hybridized carbons (Fsp3) is 0.478. The van der Waals surface area contributed by atoms with Crippen LogP contribution >= 0.6 is 11.6 Å². The van der Waals surface area contributed by atoms with Gasteiger partial charge in [-0.05, 0) is 48.7 Å². The first-order chi connectivity index (χ1) is 15.2. The Labute approximate surface area is 189 Å². The van der Waals surface area contributed by atoms with Crippen molar-refractivity contribution in [3.05, 3.63) is 64.2 Å². The standard InChI is InChI=1S/C23H25ClF2O6/c1-2-30-16-6-3-13(4-7-16)9-14-10-15(5-8-17(14)24)23-21(29)19(27)20(28)22(32-23,12-31-23)11-18(25)26/h3-8,10,18-21,27-29H,2,9,11-12H2,1H3/t19-,20-,21+,22-,23-/m0/s1. The van der Waals surface area contributed by atoms with Gasteiger partial charge in [-0.15, -0.1) is 0 Å². The summed E-state index contributed by atoms with van der Waals surface area (Å²) in [5.41, 5.74) is 0.123. The first-order valence-corrected chi connectivity index (χ1v) is 10.8. The predicted octanol–water partition coefficient (Wildman–Crippen LogP) is 3.02. The molecule has 2 aliphatic rings. The van der Waals surface area contributed by atoms with Crippen molar-refractivity contribution in [3.63, 3.8) is 0 Å². The highest BCUT2D eigenvalue weighted by Gasteiger charge is 2.67. The van der Waals surface area contributed by atoms with E-state index in [-0.39, 0.29) is 0 Å². The summed E-state index contributed by atoms with van der Waals surface area (Å²) in [4.78, 5) is 0. The molecule has 0 spiro atoms. The van der Waals surface area contributed by atoms with Crippen molar-refractivity contribution >= 4 is 11.6 Å². The largest absolute Gasteiger partial charge is 0.494 e. The summed E-state index contributed by atoms with van der Waals surface area (Å²) in [6.07, 6.45) is -8.34. The van der Waals surface area contributed by atoms with Crippen molar-refractivity contribution in [2.45, 2.75) is 55.9 Å². The molecule has 0 saturated carbocycles. The lowest BCUT2D eigenvalue weighted by Gasteiger charge is -2.46. The van der Waals surface area contributed by atoms with E-state index in [1.807, 2.05) is 31.2 Å². The van der Waals surface area contributed by atoms with E-state index in [4.69, 9.17) is 25.8 Å². The number of fused-ring (bicyclic) bond motifs is 2. The lowest BCUT2D eigenvalue weighted by molar-refractivity contribution is -0.329. The number of ether oxygens (including phenoxy) is 3. The zero-order valence-corrected chi connectivity index (χ0v) is 18.1. The Morgan fingerprint density at radius 2 is 1.84 bits per heavy atom. The third-order valence-corrected chi connectivity index (χ3v) is 6.41. The Hall–Kier alpha value is -1.81. The van der Waals surface area contributed by atoms with Crippen LogP contribution in [0.15, 0.2) is 42.5 Å². The van der Waals surface area contributed by atoms with E-state index in [1.54, 1.807) is 18.2 Å². The lowest BCUT2D eigenvalue weighted by Crippen LogP contribution is -2.64. The third kappa shape index (κ3) is 4.00. The van der Waals surface area contributed by atoms with Crippen LogP contribution in [0.3, 0.4) is 0 Å². The summed E-state index contributed by atoms with van der Waals surface area (Å²) in [6.45, 7) is 2.06. The number of aliphatic hydroxyl groups excluding tert-OH is 3. The van der Waals surface area contributed by atoms with Gasteiger partial charge in [0.25, 0.3) is 0 Å². The summed E-state index contributed by atoms with van der Waals surface area (Å²) in [6, 6.07) is 12.3. The van der Waals surface area contributed by atoms with E-state index in [1.165, 1.54) is 0 Å². The Balaban J connectivity index is 1.66. The SMILES string of the molecule is CCOc1ccc(Cc2cc([C@]34OC[C@](CC(F)F)(O3)[C@@H](O)[C@H](O)[C@H]4O)ccc2Cl)cc1. The monoisotopic (exact) mass is 470 g/mol. The average molecular weight is 471 g/mol. The molecule has 174 valence electrons. The van der Waals surface area contributed by atoms with Crippen molar-refractivity contribution in [1.82, 2.24) is 0 Å². The van der Waals surface area contributed by atoms with Gasteiger partial charge in [0.2, 0.25) is 12.2 Å². The fourth-order valence-electron chi connectivity index (χ4n) is 4.40. The molecule has 0 aliphatic carbocycles. The van der Waals surface area contributed by atoms with E-state index < -0.39 is 49.2 Å². The third-order valence-electron chi connectivity index (χ3n) is 6.04. The Morgan fingerprint density at radius 1 is 1.12 bits per heavy atom. The van der Waals surface area contributed by atoms with E-state index in [0.29, 0.717) is 29.2 Å². The van der Waals surface area contributed by atoms with Crippen LogP contribution in [0.4, 0.5) is 8.78 Å². The van der Waals surface area contributed by atoms with Gasteiger partial charge in [-0.3, -0.25) is 0 Å². The fourth-order valence-corrected chi connectivity index (χ4v) is 4.59. The van der Waals surface area contributed by atoms with Gasteiger partial charge in [-0.25, -0.2) is 8.78 Å². The van der Waals surface area contributed by atoms with E-state index in [2.05, 4.69) is 0 Å². The number of benzene rings is 2. The Kier molecular flexibility index (Phi) is 6.46. The molecular formula is C23H25ClF2O6. The Morgan fingerprint density at radius 3 is 2.50 bits per heavy atom. The number of alkyl halides is 2. The molecule has 2 aliphatic heterocycles. The van der Waals surface area contributed by atoms with Crippen molar-refractivity contribution in [2.75, 3.05) is 13.2 Å². The number of hydrogen-bond acceptors (Lipinski definition) is 6. The molecule has 3 N–H and O–H groups in total. The Bertz CT molecular complexity index is 958. The molecule has 5 atom stereocenters. The van der Waals surface area contributed by atoms with E-state index in [0.717, 1.165) is 11.3 Å². The van der Waals surface area contributed by atoms with Gasteiger partial charge >= 0.3 is 0 Å². The highest BCUT2D eigenvalue weighted by molar-refractivity contribution is 6.31. The number of halogens is 3. The van der Waals surface area contributed by atoms with Crippen LogP contribution in [-0.2, 0) is 21.7 Å². The molecule has 4 rings (SSSR count). The molecule has 0 radical (unpaired) electrons. The summed E-state index contributed by atoms with van der Waals surface area (Å²) in [5, 5.41) is 32.0. The van der Waals surface area contributed by atoms with Crippen LogP contribution < -0.4 is 4.74 Å². The summed E-state index contributed by atoms with van der Waals surface area (Å²) >= 11 is 6.39. The molecular weight excluding hydrogens is 446 g/mol. The second-order valence-corrected chi connectivity index (χ2v) is 8.57. The molecule has 0 amide bonds.